The lowest BCUT2D eigenvalue weighted by atomic mass is 10.1. The maximum atomic E-state index is 5.95. The highest BCUT2D eigenvalue weighted by Gasteiger charge is 2.00. The van der Waals surface area contributed by atoms with Crippen LogP contribution in [0.1, 0.15) is 38.7 Å². The number of nitrogen functional groups attached to an aromatic ring is 1. The van der Waals surface area contributed by atoms with Crippen LogP contribution in [0.25, 0.3) is 0 Å². The summed E-state index contributed by atoms with van der Waals surface area (Å²) < 4.78 is 11.0. The molecule has 3 N–H and O–H groups in total. The molecule has 4 nitrogen and oxygen atoms in total. The molecule has 0 bridgehead atoms. The van der Waals surface area contributed by atoms with Crippen LogP contribution in [0, 0.1) is 0 Å². The Labute approximate surface area is 129 Å². The third-order valence-corrected chi connectivity index (χ3v) is 3.25. The van der Waals surface area contributed by atoms with E-state index in [2.05, 4.69) is 25.2 Å². The van der Waals surface area contributed by atoms with Crippen LogP contribution in [-0.2, 0) is 15.9 Å². The second-order valence-electron chi connectivity index (χ2n) is 5.17. The van der Waals surface area contributed by atoms with E-state index < -0.39 is 0 Å². The van der Waals surface area contributed by atoms with Gasteiger partial charge >= 0.3 is 0 Å². The Hall–Kier alpha value is -1.26. The van der Waals surface area contributed by atoms with Gasteiger partial charge in [-0.15, -0.1) is 0 Å². The number of hydrogen-bond donors (Lipinski definition) is 2. The zero-order chi connectivity index (χ0) is 15.3. The van der Waals surface area contributed by atoms with E-state index in [1.807, 2.05) is 12.1 Å². The highest BCUT2D eigenvalue weighted by atomic mass is 16.5. The third-order valence-electron chi connectivity index (χ3n) is 3.25. The summed E-state index contributed by atoms with van der Waals surface area (Å²) in [7, 11) is 0. The van der Waals surface area contributed by atoms with E-state index in [4.69, 9.17) is 15.2 Å². The van der Waals surface area contributed by atoms with E-state index in [9.17, 15) is 0 Å². The highest BCUT2D eigenvalue weighted by Crippen LogP contribution is 2.19. The molecule has 0 saturated carbocycles. The lowest BCUT2D eigenvalue weighted by molar-refractivity contribution is 0.0505. The molecule has 4 heteroatoms. The normalized spacial score (nSPS) is 10.8. The molecule has 0 atom stereocenters. The minimum absolute atomic E-state index is 0.661. The fourth-order valence-corrected chi connectivity index (χ4v) is 2.04. The number of aryl methyl sites for hydroxylation is 1. The topological polar surface area (TPSA) is 56.5 Å². The lowest BCUT2D eigenvalue weighted by Gasteiger charge is -2.11. The first-order valence-corrected chi connectivity index (χ1v) is 8.05. The molecule has 0 heterocycles. The standard InChI is InChI=1S/C17H30N2O2/c1-3-5-10-20-12-13-21-11-9-19-16-7-8-17(18)15(14-16)6-4-2/h7-8,14,19H,3-6,9-13,18H2,1-2H3. The summed E-state index contributed by atoms with van der Waals surface area (Å²) in [4.78, 5) is 0. The molecule has 21 heavy (non-hydrogen) atoms. The number of rotatable bonds is 12. The quantitative estimate of drug-likeness (QED) is 0.458. The molecule has 1 rings (SSSR count). The average molecular weight is 294 g/mol. The van der Waals surface area contributed by atoms with Gasteiger partial charge in [0.1, 0.15) is 0 Å². The van der Waals surface area contributed by atoms with Gasteiger partial charge in [-0.1, -0.05) is 26.7 Å². The number of unbranched alkanes of at least 4 members (excludes halogenated alkanes) is 1. The van der Waals surface area contributed by atoms with Gasteiger partial charge in [-0.3, -0.25) is 0 Å². The summed E-state index contributed by atoms with van der Waals surface area (Å²) in [6.07, 6.45) is 4.42. The predicted octanol–water partition coefficient (Wildman–Crippen LogP) is 3.47. The zero-order valence-corrected chi connectivity index (χ0v) is 13.5. The molecule has 0 aliphatic heterocycles. The van der Waals surface area contributed by atoms with Crippen LogP contribution < -0.4 is 11.1 Å². The molecule has 0 radical (unpaired) electrons. The van der Waals surface area contributed by atoms with Crippen molar-refractivity contribution in [3.63, 3.8) is 0 Å². The molecule has 0 fully saturated rings. The van der Waals surface area contributed by atoms with Crippen molar-refractivity contribution in [2.24, 2.45) is 0 Å². The van der Waals surface area contributed by atoms with Crippen LogP contribution in [0.15, 0.2) is 18.2 Å². The van der Waals surface area contributed by atoms with Gasteiger partial charge in [0.05, 0.1) is 19.8 Å². The summed E-state index contributed by atoms with van der Waals surface area (Å²) in [5.74, 6) is 0. The number of nitrogens with two attached hydrogens (primary N) is 1. The van der Waals surface area contributed by atoms with Gasteiger partial charge in [-0.25, -0.2) is 0 Å². The molecule has 0 aliphatic rings. The monoisotopic (exact) mass is 294 g/mol. The Morgan fingerprint density at radius 2 is 1.76 bits per heavy atom. The van der Waals surface area contributed by atoms with Crippen LogP contribution in [-0.4, -0.2) is 33.0 Å². The van der Waals surface area contributed by atoms with Crippen molar-refractivity contribution >= 4 is 11.4 Å². The second kappa shape index (κ2) is 11.4. The van der Waals surface area contributed by atoms with Crippen LogP contribution in [0.4, 0.5) is 11.4 Å². The molecular weight excluding hydrogens is 264 g/mol. The number of ether oxygens (including phenoxy) is 2. The lowest BCUT2D eigenvalue weighted by Crippen LogP contribution is -2.13. The summed E-state index contributed by atoms with van der Waals surface area (Å²) >= 11 is 0. The fourth-order valence-electron chi connectivity index (χ4n) is 2.04. The van der Waals surface area contributed by atoms with Gasteiger partial charge in [0, 0.05) is 24.5 Å². The zero-order valence-electron chi connectivity index (χ0n) is 13.5. The van der Waals surface area contributed by atoms with Crippen molar-refractivity contribution in [1.29, 1.82) is 0 Å². The van der Waals surface area contributed by atoms with Crippen molar-refractivity contribution in [2.45, 2.75) is 39.5 Å². The van der Waals surface area contributed by atoms with Crippen molar-refractivity contribution in [3.05, 3.63) is 23.8 Å². The predicted molar refractivity (Wildman–Crippen MR) is 89.9 cm³/mol. The van der Waals surface area contributed by atoms with Crippen LogP contribution in [0.2, 0.25) is 0 Å². The SMILES string of the molecule is CCCCOCCOCCNc1ccc(N)c(CCC)c1. The maximum absolute atomic E-state index is 5.95. The van der Waals surface area contributed by atoms with E-state index in [1.165, 1.54) is 12.0 Å². The molecule has 0 amide bonds. The Kier molecular flexibility index (Phi) is 9.66. The first kappa shape index (κ1) is 17.8. The van der Waals surface area contributed by atoms with Gasteiger partial charge in [0.25, 0.3) is 0 Å². The molecule has 0 saturated heterocycles. The smallest absolute Gasteiger partial charge is 0.0701 e. The minimum Gasteiger partial charge on any atom is -0.399 e. The molecule has 0 spiro atoms. The van der Waals surface area contributed by atoms with E-state index in [1.54, 1.807) is 0 Å². The number of anilines is 2. The summed E-state index contributed by atoms with van der Waals surface area (Å²) in [6.45, 7) is 7.99. The van der Waals surface area contributed by atoms with Gasteiger partial charge in [0.2, 0.25) is 0 Å². The Balaban J connectivity index is 2.11. The van der Waals surface area contributed by atoms with Gasteiger partial charge < -0.3 is 20.5 Å². The van der Waals surface area contributed by atoms with Gasteiger partial charge in [0.15, 0.2) is 0 Å². The first-order valence-electron chi connectivity index (χ1n) is 8.05. The Morgan fingerprint density at radius 1 is 1.00 bits per heavy atom. The summed E-state index contributed by atoms with van der Waals surface area (Å²) in [5.41, 5.74) is 9.15. The minimum atomic E-state index is 0.661. The van der Waals surface area contributed by atoms with E-state index >= 15 is 0 Å². The highest BCUT2D eigenvalue weighted by molar-refractivity contribution is 5.57. The molecule has 0 unspecified atom stereocenters. The van der Waals surface area contributed by atoms with Crippen LogP contribution in [0.3, 0.4) is 0 Å². The molecule has 120 valence electrons. The number of hydrogen-bond acceptors (Lipinski definition) is 4. The van der Waals surface area contributed by atoms with E-state index in [0.717, 1.165) is 43.8 Å². The second-order valence-corrected chi connectivity index (χ2v) is 5.17. The molecular formula is C17H30N2O2. The third kappa shape index (κ3) is 7.93. The van der Waals surface area contributed by atoms with Crippen molar-refractivity contribution in [3.8, 4) is 0 Å². The molecule has 0 aliphatic carbocycles. The molecule has 0 aromatic heterocycles. The van der Waals surface area contributed by atoms with E-state index in [0.29, 0.717) is 19.8 Å². The largest absolute Gasteiger partial charge is 0.399 e. The fraction of sp³-hybridized carbons (Fsp3) is 0.647. The number of nitrogens with one attached hydrogen (secondary N) is 1. The van der Waals surface area contributed by atoms with Crippen LogP contribution >= 0.6 is 0 Å². The van der Waals surface area contributed by atoms with Crippen molar-refractivity contribution in [1.82, 2.24) is 0 Å². The molecule has 1 aromatic carbocycles. The summed E-state index contributed by atoms with van der Waals surface area (Å²) in [6, 6.07) is 6.12. The number of benzene rings is 1. The summed E-state index contributed by atoms with van der Waals surface area (Å²) in [5, 5.41) is 3.36. The maximum Gasteiger partial charge on any atom is 0.0701 e. The van der Waals surface area contributed by atoms with Crippen LogP contribution in [0.5, 0.6) is 0 Å². The Morgan fingerprint density at radius 3 is 2.48 bits per heavy atom. The van der Waals surface area contributed by atoms with Gasteiger partial charge in [-0.2, -0.15) is 0 Å². The average Bonchev–Trinajstić information content (AvgIpc) is 2.49. The Bertz CT molecular complexity index is 383. The van der Waals surface area contributed by atoms with Crippen molar-refractivity contribution in [2.75, 3.05) is 44.0 Å². The van der Waals surface area contributed by atoms with E-state index in [-0.39, 0.29) is 0 Å². The first-order chi connectivity index (χ1) is 10.3. The molecule has 1 aromatic rings. The van der Waals surface area contributed by atoms with Gasteiger partial charge in [-0.05, 0) is 36.6 Å². The van der Waals surface area contributed by atoms with Crippen molar-refractivity contribution < 1.29 is 9.47 Å².